The number of phenols is 1. The Bertz CT molecular complexity index is 571. The van der Waals surface area contributed by atoms with Crippen LogP contribution in [0.15, 0.2) is 36.4 Å². The third-order valence-electron chi connectivity index (χ3n) is 2.17. The number of benzene rings is 1. The average Bonchev–Trinajstić information content (AvgIpc) is 2.32. The Hall–Kier alpha value is -2.54. The van der Waals surface area contributed by atoms with Gasteiger partial charge in [0.1, 0.15) is 23.1 Å². The van der Waals surface area contributed by atoms with Crippen molar-refractivity contribution >= 4 is 0 Å². The van der Waals surface area contributed by atoms with E-state index in [1.165, 1.54) is 12.1 Å². The van der Waals surface area contributed by atoms with Gasteiger partial charge in [0.15, 0.2) is 0 Å². The molecule has 0 aliphatic heterocycles. The minimum atomic E-state index is 0.162. The third-order valence-corrected chi connectivity index (χ3v) is 2.17. The zero-order chi connectivity index (χ0) is 12.3. The normalized spacial score (nSPS) is 9.65. The molecule has 4 heteroatoms. The van der Waals surface area contributed by atoms with E-state index in [4.69, 9.17) is 15.1 Å². The van der Waals surface area contributed by atoms with Crippen LogP contribution in [0.1, 0.15) is 11.3 Å². The van der Waals surface area contributed by atoms with Gasteiger partial charge in [-0.05, 0) is 43.3 Å². The van der Waals surface area contributed by atoms with Crippen LogP contribution in [0.25, 0.3) is 0 Å². The SMILES string of the molecule is Cc1ccc(C#N)c(Oc2ccc(O)cc2)n1. The zero-order valence-electron chi connectivity index (χ0n) is 9.21. The van der Waals surface area contributed by atoms with Gasteiger partial charge >= 0.3 is 0 Å². The van der Waals surface area contributed by atoms with Gasteiger partial charge in [-0.3, -0.25) is 0 Å². The number of aryl methyl sites for hydroxylation is 1. The van der Waals surface area contributed by atoms with Gasteiger partial charge in [-0.15, -0.1) is 0 Å². The summed E-state index contributed by atoms with van der Waals surface area (Å²) in [5.41, 5.74) is 1.15. The molecule has 0 radical (unpaired) electrons. The van der Waals surface area contributed by atoms with Crippen LogP contribution >= 0.6 is 0 Å². The second-order valence-corrected chi connectivity index (χ2v) is 3.51. The van der Waals surface area contributed by atoms with Gasteiger partial charge in [-0.2, -0.15) is 5.26 Å². The van der Waals surface area contributed by atoms with Crippen molar-refractivity contribution < 1.29 is 9.84 Å². The largest absolute Gasteiger partial charge is 0.508 e. The molecular weight excluding hydrogens is 216 g/mol. The maximum Gasteiger partial charge on any atom is 0.237 e. The van der Waals surface area contributed by atoms with E-state index in [9.17, 15) is 0 Å². The summed E-state index contributed by atoms with van der Waals surface area (Å²) in [7, 11) is 0. The number of ether oxygens (including phenoxy) is 1. The Morgan fingerprint density at radius 3 is 2.53 bits per heavy atom. The van der Waals surface area contributed by atoms with E-state index in [2.05, 4.69) is 4.98 Å². The number of nitriles is 1. The number of nitrogens with zero attached hydrogens (tertiary/aromatic N) is 2. The summed E-state index contributed by atoms with van der Waals surface area (Å²) in [6.45, 7) is 1.82. The van der Waals surface area contributed by atoms with Crippen molar-refractivity contribution in [3.63, 3.8) is 0 Å². The topological polar surface area (TPSA) is 66.1 Å². The Morgan fingerprint density at radius 2 is 1.88 bits per heavy atom. The van der Waals surface area contributed by atoms with E-state index in [1.54, 1.807) is 24.3 Å². The van der Waals surface area contributed by atoms with Crippen molar-refractivity contribution in [3.05, 3.63) is 47.7 Å². The monoisotopic (exact) mass is 226 g/mol. The number of hydrogen-bond donors (Lipinski definition) is 1. The van der Waals surface area contributed by atoms with Crippen molar-refractivity contribution in [3.8, 4) is 23.4 Å². The van der Waals surface area contributed by atoms with E-state index in [-0.39, 0.29) is 11.6 Å². The molecule has 0 atom stereocenters. The quantitative estimate of drug-likeness (QED) is 0.855. The Labute approximate surface area is 98.7 Å². The first-order valence-corrected chi connectivity index (χ1v) is 5.03. The number of hydrogen-bond acceptors (Lipinski definition) is 4. The van der Waals surface area contributed by atoms with E-state index in [0.29, 0.717) is 11.3 Å². The highest BCUT2D eigenvalue weighted by Gasteiger charge is 2.06. The van der Waals surface area contributed by atoms with Gasteiger partial charge in [-0.1, -0.05) is 0 Å². The molecule has 0 saturated heterocycles. The van der Waals surface area contributed by atoms with Crippen molar-refractivity contribution in [1.82, 2.24) is 4.98 Å². The highest BCUT2D eigenvalue weighted by Crippen LogP contribution is 2.24. The summed E-state index contributed by atoms with van der Waals surface area (Å²) >= 11 is 0. The molecule has 1 heterocycles. The zero-order valence-corrected chi connectivity index (χ0v) is 9.21. The highest BCUT2D eigenvalue weighted by molar-refractivity contribution is 5.42. The fraction of sp³-hybridized carbons (Fsp3) is 0.0769. The maximum absolute atomic E-state index is 9.14. The minimum Gasteiger partial charge on any atom is -0.508 e. The standard InChI is InChI=1S/C13H10N2O2/c1-9-2-3-10(8-14)13(15-9)17-12-6-4-11(16)5-7-12/h2-7,16H,1H3. The molecule has 0 spiro atoms. The van der Waals surface area contributed by atoms with Gasteiger partial charge in [-0.25, -0.2) is 4.98 Å². The minimum absolute atomic E-state index is 0.162. The lowest BCUT2D eigenvalue weighted by Crippen LogP contribution is -1.93. The Morgan fingerprint density at radius 1 is 1.18 bits per heavy atom. The van der Waals surface area contributed by atoms with Gasteiger partial charge in [0.05, 0.1) is 0 Å². The second-order valence-electron chi connectivity index (χ2n) is 3.51. The van der Waals surface area contributed by atoms with Gasteiger partial charge < -0.3 is 9.84 Å². The lowest BCUT2D eigenvalue weighted by Gasteiger charge is -2.06. The van der Waals surface area contributed by atoms with Crippen molar-refractivity contribution in [2.45, 2.75) is 6.92 Å². The number of phenolic OH excluding ortho intramolecular Hbond substituents is 1. The number of aromatic hydroxyl groups is 1. The molecular formula is C13H10N2O2. The van der Waals surface area contributed by atoms with Gasteiger partial charge in [0, 0.05) is 5.69 Å². The summed E-state index contributed by atoms with van der Waals surface area (Å²) in [5.74, 6) is 0.964. The molecule has 84 valence electrons. The summed E-state index contributed by atoms with van der Waals surface area (Å²) < 4.78 is 5.49. The summed E-state index contributed by atoms with van der Waals surface area (Å²) in [6.07, 6.45) is 0. The van der Waals surface area contributed by atoms with Crippen LogP contribution in [0.5, 0.6) is 17.4 Å². The molecule has 0 aliphatic rings. The molecule has 1 N–H and O–H groups in total. The molecule has 0 bridgehead atoms. The Balaban J connectivity index is 2.32. The highest BCUT2D eigenvalue weighted by atomic mass is 16.5. The molecule has 0 fully saturated rings. The number of pyridine rings is 1. The molecule has 0 saturated carbocycles. The van der Waals surface area contributed by atoms with Crippen LogP contribution < -0.4 is 4.74 Å². The van der Waals surface area contributed by atoms with Crippen LogP contribution in [0.4, 0.5) is 0 Å². The van der Waals surface area contributed by atoms with Gasteiger partial charge in [0.25, 0.3) is 0 Å². The Kier molecular flexibility index (Phi) is 2.93. The average molecular weight is 226 g/mol. The fourth-order valence-electron chi connectivity index (χ4n) is 1.32. The third kappa shape index (κ3) is 2.52. The van der Waals surface area contributed by atoms with Crippen molar-refractivity contribution in [1.29, 1.82) is 5.26 Å². The molecule has 4 nitrogen and oxygen atoms in total. The number of aromatic nitrogens is 1. The van der Waals surface area contributed by atoms with E-state index >= 15 is 0 Å². The maximum atomic E-state index is 9.14. The van der Waals surface area contributed by atoms with Gasteiger partial charge in [0.2, 0.25) is 5.88 Å². The first-order chi connectivity index (χ1) is 8.19. The first-order valence-electron chi connectivity index (χ1n) is 5.03. The molecule has 2 aromatic rings. The summed E-state index contributed by atoms with van der Waals surface area (Å²) in [4.78, 5) is 4.15. The fourth-order valence-corrected chi connectivity index (χ4v) is 1.32. The summed E-state index contributed by atoms with van der Waals surface area (Å²) in [6, 6.07) is 11.7. The van der Waals surface area contributed by atoms with E-state index in [1.807, 2.05) is 13.0 Å². The lowest BCUT2D eigenvalue weighted by atomic mass is 10.2. The lowest BCUT2D eigenvalue weighted by molar-refractivity contribution is 0.452. The van der Waals surface area contributed by atoms with Crippen LogP contribution in [0, 0.1) is 18.3 Å². The van der Waals surface area contributed by atoms with Crippen molar-refractivity contribution in [2.75, 3.05) is 0 Å². The molecule has 0 amide bonds. The molecule has 1 aromatic heterocycles. The summed E-state index contributed by atoms with van der Waals surface area (Å²) in [5, 5.41) is 18.1. The molecule has 1 aromatic carbocycles. The van der Waals surface area contributed by atoms with Crippen molar-refractivity contribution in [2.24, 2.45) is 0 Å². The van der Waals surface area contributed by atoms with Crippen LogP contribution in [-0.2, 0) is 0 Å². The van der Waals surface area contributed by atoms with Crippen LogP contribution in [0.3, 0.4) is 0 Å². The predicted octanol–water partition coefficient (Wildman–Crippen LogP) is 2.76. The molecule has 17 heavy (non-hydrogen) atoms. The molecule has 0 unspecified atom stereocenters. The molecule has 0 aliphatic carbocycles. The van der Waals surface area contributed by atoms with E-state index in [0.717, 1.165) is 5.69 Å². The predicted molar refractivity (Wildman–Crippen MR) is 61.9 cm³/mol. The number of rotatable bonds is 2. The van der Waals surface area contributed by atoms with Crippen LogP contribution in [0.2, 0.25) is 0 Å². The first kappa shape index (κ1) is 11.0. The van der Waals surface area contributed by atoms with E-state index < -0.39 is 0 Å². The van der Waals surface area contributed by atoms with Crippen LogP contribution in [-0.4, -0.2) is 10.1 Å². The second kappa shape index (κ2) is 4.54. The smallest absolute Gasteiger partial charge is 0.237 e. The molecule has 2 rings (SSSR count).